The van der Waals surface area contributed by atoms with Crippen LogP contribution in [0.15, 0.2) is 23.8 Å². The summed E-state index contributed by atoms with van der Waals surface area (Å²) in [6.07, 6.45) is 4.32. The van der Waals surface area contributed by atoms with E-state index in [1.165, 1.54) is 17.5 Å². The lowest BCUT2D eigenvalue weighted by Crippen LogP contribution is -2.35. The molecule has 3 rings (SSSR count). The number of thiazole rings is 1. The van der Waals surface area contributed by atoms with Gasteiger partial charge in [0.15, 0.2) is 5.82 Å². The van der Waals surface area contributed by atoms with Gasteiger partial charge in [0.25, 0.3) is 0 Å². The molecule has 2 aromatic heterocycles. The molecular formula is C14H15FN2O2S. The van der Waals surface area contributed by atoms with Crippen LogP contribution in [0, 0.1) is 5.82 Å². The van der Waals surface area contributed by atoms with Crippen molar-refractivity contribution in [3.63, 3.8) is 0 Å². The number of nitrogens with zero attached hydrogens (tertiary/aromatic N) is 2. The fourth-order valence-electron chi connectivity index (χ4n) is 2.40. The van der Waals surface area contributed by atoms with E-state index in [1.807, 2.05) is 5.38 Å². The minimum atomic E-state index is -0.398. The number of methoxy groups -OCH3 is 1. The summed E-state index contributed by atoms with van der Waals surface area (Å²) in [6.45, 7) is 1.32. The average molecular weight is 294 g/mol. The van der Waals surface area contributed by atoms with Gasteiger partial charge in [0, 0.05) is 50.3 Å². The van der Waals surface area contributed by atoms with Crippen molar-refractivity contribution in [3.05, 3.63) is 34.7 Å². The Morgan fingerprint density at radius 3 is 2.90 bits per heavy atom. The molecule has 0 bridgehead atoms. The minimum Gasteiger partial charge on any atom is -0.381 e. The topological polar surface area (TPSA) is 44.2 Å². The Bertz CT molecular complexity index is 596. The van der Waals surface area contributed by atoms with Crippen molar-refractivity contribution in [2.75, 3.05) is 20.3 Å². The molecule has 0 aromatic carbocycles. The maximum absolute atomic E-state index is 13.8. The monoisotopic (exact) mass is 294 g/mol. The van der Waals surface area contributed by atoms with Gasteiger partial charge in [-0.2, -0.15) is 0 Å². The zero-order chi connectivity index (χ0) is 14.0. The van der Waals surface area contributed by atoms with Crippen LogP contribution in [0.2, 0.25) is 0 Å². The van der Waals surface area contributed by atoms with Gasteiger partial charge in [-0.05, 0) is 6.07 Å². The van der Waals surface area contributed by atoms with Gasteiger partial charge in [0.05, 0.1) is 11.9 Å². The summed E-state index contributed by atoms with van der Waals surface area (Å²) < 4.78 is 24.8. The molecule has 0 N–H and O–H groups in total. The highest BCUT2D eigenvalue weighted by atomic mass is 32.1. The molecule has 6 heteroatoms. The lowest BCUT2D eigenvalue weighted by Gasteiger charge is -2.33. The lowest BCUT2D eigenvalue weighted by atomic mass is 9.95. The summed E-state index contributed by atoms with van der Waals surface area (Å²) >= 11 is 1.50. The average Bonchev–Trinajstić information content (AvgIpc) is 2.98. The zero-order valence-corrected chi connectivity index (χ0v) is 12.0. The molecule has 0 radical (unpaired) electrons. The molecule has 4 nitrogen and oxygen atoms in total. The first-order chi connectivity index (χ1) is 9.75. The van der Waals surface area contributed by atoms with Gasteiger partial charge in [0.2, 0.25) is 0 Å². The predicted octanol–water partition coefficient (Wildman–Crippen LogP) is 3.00. The number of rotatable bonds is 3. The third-order valence-corrected chi connectivity index (χ3v) is 4.66. The Labute approximate surface area is 120 Å². The van der Waals surface area contributed by atoms with Crippen LogP contribution in [0.1, 0.15) is 17.8 Å². The van der Waals surface area contributed by atoms with Crippen molar-refractivity contribution in [3.8, 4) is 11.3 Å². The highest BCUT2D eigenvalue weighted by Gasteiger charge is 2.37. The molecular weight excluding hydrogens is 279 g/mol. The molecule has 2 aromatic rings. The van der Waals surface area contributed by atoms with Gasteiger partial charge in [-0.3, -0.25) is 4.98 Å². The van der Waals surface area contributed by atoms with Crippen molar-refractivity contribution in [2.45, 2.75) is 18.4 Å². The first-order valence-electron chi connectivity index (χ1n) is 6.44. The Balaban J connectivity index is 1.95. The minimum absolute atomic E-state index is 0.359. The van der Waals surface area contributed by atoms with Crippen LogP contribution in [0.5, 0.6) is 0 Å². The molecule has 0 atom stereocenters. The molecule has 1 saturated heterocycles. The van der Waals surface area contributed by atoms with E-state index in [0.29, 0.717) is 24.5 Å². The van der Waals surface area contributed by atoms with Crippen molar-refractivity contribution in [1.29, 1.82) is 0 Å². The van der Waals surface area contributed by atoms with E-state index in [-0.39, 0.29) is 5.82 Å². The van der Waals surface area contributed by atoms with Gasteiger partial charge in [-0.15, -0.1) is 11.3 Å². The number of hydrogen-bond donors (Lipinski definition) is 0. The normalized spacial score (nSPS) is 18.1. The van der Waals surface area contributed by atoms with Crippen LogP contribution in [0.25, 0.3) is 11.3 Å². The van der Waals surface area contributed by atoms with E-state index < -0.39 is 5.60 Å². The summed E-state index contributed by atoms with van der Waals surface area (Å²) in [6, 6.07) is 1.64. The fraction of sp³-hybridized carbons (Fsp3) is 0.429. The quantitative estimate of drug-likeness (QED) is 0.873. The largest absolute Gasteiger partial charge is 0.381 e. The number of ether oxygens (including phenoxy) is 2. The van der Waals surface area contributed by atoms with E-state index in [2.05, 4.69) is 9.97 Å². The van der Waals surface area contributed by atoms with Crippen LogP contribution in [-0.4, -0.2) is 30.3 Å². The molecule has 1 aliphatic rings. The summed E-state index contributed by atoms with van der Waals surface area (Å²) in [5.41, 5.74) is 0.707. The van der Waals surface area contributed by atoms with Crippen molar-refractivity contribution in [1.82, 2.24) is 9.97 Å². The second-order valence-electron chi connectivity index (χ2n) is 4.70. The Hall–Kier alpha value is -1.37. The van der Waals surface area contributed by atoms with Crippen LogP contribution in [0.4, 0.5) is 4.39 Å². The summed E-state index contributed by atoms with van der Waals surface area (Å²) in [7, 11) is 1.69. The van der Waals surface area contributed by atoms with E-state index >= 15 is 0 Å². The fourth-order valence-corrected chi connectivity index (χ4v) is 3.45. The second-order valence-corrected chi connectivity index (χ2v) is 5.56. The molecule has 20 heavy (non-hydrogen) atoms. The molecule has 0 spiro atoms. The SMILES string of the molecule is COC1(c2nc(-c3ccncc3F)cs2)CCOCC1. The molecule has 0 amide bonds. The zero-order valence-electron chi connectivity index (χ0n) is 11.1. The molecule has 106 valence electrons. The smallest absolute Gasteiger partial charge is 0.150 e. The lowest BCUT2D eigenvalue weighted by molar-refractivity contribution is -0.0947. The first-order valence-corrected chi connectivity index (χ1v) is 7.32. The third kappa shape index (κ3) is 2.34. The number of aromatic nitrogens is 2. The van der Waals surface area contributed by atoms with Crippen molar-refractivity contribution < 1.29 is 13.9 Å². The summed E-state index contributed by atoms with van der Waals surface area (Å²) in [5.74, 6) is -0.359. The van der Waals surface area contributed by atoms with Crippen LogP contribution in [-0.2, 0) is 15.1 Å². The number of halogens is 1. The van der Waals surface area contributed by atoms with Gasteiger partial charge >= 0.3 is 0 Å². The molecule has 1 aliphatic heterocycles. The van der Waals surface area contributed by atoms with Gasteiger partial charge in [-0.1, -0.05) is 0 Å². The summed E-state index contributed by atoms with van der Waals surface area (Å²) in [5, 5.41) is 2.75. The van der Waals surface area contributed by atoms with Crippen molar-refractivity contribution in [2.24, 2.45) is 0 Å². The Kier molecular flexibility index (Phi) is 3.78. The van der Waals surface area contributed by atoms with Crippen molar-refractivity contribution >= 4 is 11.3 Å². The standard InChI is InChI=1S/C14H15FN2O2S/c1-18-14(3-6-19-7-4-14)13-17-12(9-20-13)10-2-5-16-8-11(10)15/h2,5,8-9H,3-4,6-7H2,1H3. The molecule has 0 unspecified atom stereocenters. The molecule has 0 saturated carbocycles. The van der Waals surface area contributed by atoms with Crippen LogP contribution in [0.3, 0.4) is 0 Å². The Morgan fingerprint density at radius 1 is 1.40 bits per heavy atom. The van der Waals surface area contributed by atoms with Gasteiger partial charge in [0.1, 0.15) is 10.6 Å². The van der Waals surface area contributed by atoms with E-state index in [9.17, 15) is 4.39 Å². The van der Waals surface area contributed by atoms with Gasteiger partial charge in [-0.25, -0.2) is 9.37 Å². The maximum Gasteiger partial charge on any atom is 0.150 e. The number of pyridine rings is 1. The Morgan fingerprint density at radius 2 is 2.20 bits per heavy atom. The summed E-state index contributed by atoms with van der Waals surface area (Å²) in [4.78, 5) is 8.33. The molecule has 1 fully saturated rings. The number of hydrogen-bond acceptors (Lipinski definition) is 5. The van der Waals surface area contributed by atoms with Gasteiger partial charge < -0.3 is 9.47 Å². The highest BCUT2D eigenvalue weighted by molar-refractivity contribution is 7.10. The van der Waals surface area contributed by atoms with Crippen LogP contribution < -0.4 is 0 Å². The predicted molar refractivity (Wildman–Crippen MR) is 74.0 cm³/mol. The highest BCUT2D eigenvalue weighted by Crippen LogP contribution is 2.38. The van der Waals surface area contributed by atoms with E-state index in [4.69, 9.17) is 9.47 Å². The molecule has 0 aliphatic carbocycles. The second kappa shape index (κ2) is 5.55. The van der Waals surface area contributed by atoms with E-state index in [0.717, 1.165) is 17.8 Å². The third-order valence-electron chi connectivity index (χ3n) is 3.63. The maximum atomic E-state index is 13.8. The van der Waals surface area contributed by atoms with Crippen LogP contribution >= 0.6 is 11.3 Å². The molecule has 3 heterocycles. The van der Waals surface area contributed by atoms with E-state index in [1.54, 1.807) is 19.4 Å². The first kappa shape index (κ1) is 13.6.